The van der Waals surface area contributed by atoms with Gasteiger partial charge >= 0.3 is 0 Å². The summed E-state index contributed by atoms with van der Waals surface area (Å²) < 4.78 is 26.3. The van der Waals surface area contributed by atoms with Crippen molar-refractivity contribution in [2.75, 3.05) is 38.5 Å². The number of sulfonamides is 1. The first kappa shape index (κ1) is 21.3. The number of likely N-dealkylation sites (tertiary alicyclic amines) is 1. The monoisotopic (exact) mass is 396 g/mol. The number of likely N-dealkylation sites (N-methyl/N-ethyl adjacent to an activating group) is 1. The maximum absolute atomic E-state index is 12.6. The zero-order chi connectivity index (χ0) is 20.0. The van der Waals surface area contributed by atoms with E-state index in [0.717, 1.165) is 36.8 Å². The molecule has 0 bridgehead atoms. The van der Waals surface area contributed by atoms with E-state index in [4.69, 9.17) is 0 Å². The number of benzene rings is 1. The zero-order valence-electron chi connectivity index (χ0n) is 16.1. The van der Waals surface area contributed by atoms with Gasteiger partial charge in [-0.2, -0.15) is 4.31 Å². The highest BCUT2D eigenvalue weighted by molar-refractivity contribution is 7.89. The highest BCUT2D eigenvalue weighted by Gasteiger charge is 2.25. The lowest BCUT2D eigenvalue weighted by Gasteiger charge is -2.31. The summed E-state index contributed by atoms with van der Waals surface area (Å²) in [5, 5.41) is 5.51. The number of anilines is 1. The van der Waals surface area contributed by atoms with Crippen molar-refractivity contribution in [1.82, 2.24) is 14.5 Å². The second kappa shape index (κ2) is 9.29. The molecule has 9 heteroatoms. The summed E-state index contributed by atoms with van der Waals surface area (Å²) in [6.45, 7) is 6.14. The van der Waals surface area contributed by atoms with E-state index < -0.39 is 10.0 Å². The molecular weight excluding hydrogens is 368 g/mol. The number of nitrogens with one attached hydrogen (secondary N) is 2. The average Bonchev–Trinajstić information content (AvgIpc) is 2.62. The van der Waals surface area contributed by atoms with Crippen molar-refractivity contribution in [1.29, 1.82) is 0 Å². The van der Waals surface area contributed by atoms with E-state index in [1.807, 2.05) is 0 Å². The molecule has 2 N–H and O–H groups in total. The fourth-order valence-corrected chi connectivity index (χ4v) is 4.17. The van der Waals surface area contributed by atoms with Crippen molar-refractivity contribution < 1.29 is 18.0 Å². The largest absolute Gasteiger partial charge is 0.352 e. The molecule has 8 nitrogen and oxygen atoms in total. The standard InChI is InChI=1S/C18H28N4O4S/c1-4-22-11-9-16(10-12-22)20-18(24)13-21(3)27(25,26)17-7-5-15(6-8-17)19-14(2)23/h5-8,16H,4,9-13H2,1-3H3,(H,19,23)(H,20,24). The van der Waals surface area contributed by atoms with Crippen molar-refractivity contribution in [3.63, 3.8) is 0 Å². The second-order valence-electron chi connectivity index (χ2n) is 6.74. The lowest BCUT2D eigenvalue weighted by molar-refractivity contribution is -0.122. The van der Waals surface area contributed by atoms with Crippen LogP contribution in [0.1, 0.15) is 26.7 Å². The molecule has 1 heterocycles. The van der Waals surface area contributed by atoms with Crippen molar-refractivity contribution in [2.45, 2.75) is 37.6 Å². The van der Waals surface area contributed by atoms with Crippen molar-refractivity contribution in [3.8, 4) is 0 Å². The third-order valence-corrected chi connectivity index (χ3v) is 6.47. The molecule has 2 rings (SSSR count). The lowest BCUT2D eigenvalue weighted by atomic mass is 10.1. The summed E-state index contributed by atoms with van der Waals surface area (Å²) in [7, 11) is -2.40. The van der Waals surface area contributed by atoms with Gasteiger partial charge < -0.3 is 15.5 Å². The van der Waals surface area contributed by atoms with Gasteiger partial charge in [-0.05, 0) is 43.7 Å². The summed E-state index contributed by atoms with van der Waals surface area (Å²) in [5.74, 6) is -0.532. The van der Waals surface area contributed by atoms with E-state index >= 15 is 0 Å². The number of carbonyl (C=O) groups is 2. The van der Waals surface area contributed by atoms with Crippen molar-refractivity contribution in [2.24, 2.45) is 0 Å². The van der Waals surface area contributed by atoms with Crippen LogP contribution in [-0.2, 0) is 19.6 Å². The molecule has 0 aliphatic carbocycles. The predicted octanol–water partition coefficient (Wildman–Crippen LogP) is 0.866. The molecule has 2 amide bonds. The Morgan fingerprint density at radius 3 is 2.30 bits per heavy atom. The number of carbonyl (C=O) groups excluding carboxylic acids is 2. The summed E-state index contributed by atoms with van der Waals surface area (Å²) in [6, 6.07) is 5.95. The smallest absolute Gasteiger partial charge is 0.243 e. The third kappa shape index (κ3) is 6.02. The third-order valence-electron chi connectivity index (χ3n) is 4.65. The Morgan fingerprint density at radius 2 is 1.78 bits per heavy atom. The first-order valence-electron chi connectivity index (χ1n) is 9.08. The Hall–Kier alpha value is -1.97. The van der Waals surface area contributed by atoms with Gasteiger partial charge in [0.2, 0.25) is 21.8 Å². The van der Waals surface area contributed by atoms with Gasteiger partial charge in [0, 0.05) is 38.8 Å². The number of hydrogen-bond donors (Lipinski definition) is 2. The summed E-state index contributed by atoms with van der Waals surface area (Å²) in [4.78, 5) is 25.7. The molecule has 1 aliphatic rings. The fraction of sp³-hybridized carbons (Fsp3) is 0.556. The molecule has 1 aromatic carbocycles. The van der Waals surface area contributed by atoms with Crippen LogP contribution in [0.25, 0.3) is 0 Å². The molecule has 0 radical (unpaired) electrons. The number of nitrogens with zero attached hydrogens (tertiary/aromatic N) is 2. The topological polar surface area (TPSA) is 98.8 Å². The predicted molar refractivity (Wildman–Crippen MR) is 104 cm³/mol. The summed E-state index contributed by atoms with van der Waals surface area (Å²) >= 11 is 0. The minimum atomic E-state index is -3.78. The van der Waals surface area contributed by atoms with Gasteiger partial charge in [0.15, 0.2) is 0 Å². The molecule has 1 aliphatic heterocycles. The molecule has 1 fully saturated rings. The van der Waals surface area contributed by atoms with Gasteiger partial charge in [0.1, 0.15) is 0 Å². The van der Waals surface area contributed by atoms with Crippen LogP contribution in [0.15, 0.2) is 29.2 Å². The van der Waals surface area contributed by atoms with Crippen molar-refractivity contribution in [3.05, 3.63) is 24.3 Å². The Morgan fingerprint density at radius 1 is 1.19 bits per heavy atom. The van der Waals surface area contributed by atoms with Crippen LogP contribution in [0.2, 0.25) is 0 Å². The van der Waals surface area contributed by atoms with E-state index in [1.54, 1.807) is 0 Å². The number of hydrogen-bond acceptors (Lipinski definition) is 5. The van der Waals surface area contributed by atoms with Crippen LogP contribution in [0.4, 0.5) is 5.69 Å². The van der Waals surface area contributed by atoms with Gasteiger partial charge in [0.25, 0.3) is 0 Å². The van der Waals surface area contributed by atoms with Crippen molar-refractivity contribution >= 4 is 27.5 Å². The van der Waals surface area contributed by atoms with E-state index in [1.165, 1.54) is 38.2 Å². The molecule has 1 saturated heterocycles. The van der Waals surface area contributed by atoms with E-state index in [-0.39, 0.29) is 29.3 Å². The van der Waals surface area contributed by atoms with E-state index in [9.17, 15) is 18.0 Å². The number of piperidine rings is 1. The normalized spacial score (nSPS) is 16.3. The summed E-state index contributed by atoms with van der Waals surface area (Å²) in [6.07, 6.45) is 1.75. The van der Waals surface area contributed by atoms with Crippen LogP contribution >= 0.6 is 0 Å². The minimum absolute atomic E-state index is 0.0724. The first-order chi connectivity index (χ1) is 12.7. The molecular formula is C18H28N4O4S. The van der Waals surface area contributed by atoms with E-state index in [0.29, 0.717) is 5.69 Å². The van der Waals surface area contributed by atoms with Crippen LogP contribution < -0.4 is 10.6 Å². The quantitative estimate of drug-likeness (QED) is 0.712. The minimum Gasteiger partial charge on any atom is -0.352 e. The highest BCUT2D eigenvalue weighted by Crippen LogP contribution is 2.17. The number of amides is 2. The number of rotatable bonds is 7. The Bertz CT molecular complexity index is 756. The molecule has 0 spiro atoms. The average molecular weight is 397 g/mol. The Labute approximate surface area is 161 Å². The van der Waals surface area contributed by atoms with Crippen LogP contribution in [-0.4, -0.2) is 68.7 Å². The maximum atomic E-state index is 12.6. The molecule has 150 valence electrons. The van der Waals surface area contributed by atoms with Gasteiger partial charge in [-0.25, -0.2) is 8.42 Å². The van der Waals surface area contributed by atoms with Crippen LogP contribution in [0.3, 0.4) is 0 Å². The molecule has 0 atom stereocenters. The molecule has 27 heavy (non-hydrogen) atoms. The first-order valence-corrected chi connectivity index (χ1v) is 10.5. The zero-order valence-corrected chi connectivity index (χ0v) is 16.9. The van der Waals surface area contributed by atoms with Gasteiger partial charge in [-0.3, -0.25) is 9.59 Å². The fourth-order valence-electron chi connectivity index (χ4n) is 3.05. The van der Waals surface area contributed by atoms with Crippen LogP contribution in [0, 0.1) is 0 Å². The van der Waals surface area contributed by atoms with Gasteiger partial charge in [-0.15, -0.1) is 0 Å². The molecule has 0 aromatic heterocycles. The van der Waals surface area contributed by atoms with Crippen LogP contribution in [0.5, 0.6) is 0 Å². The Balaban J connectivity index is 1.92. The second-order valence-corrected chi connectivity index (χ2v) is 8.79. The molecule has 1 aromatic rings. The van der Waals surface area contributed by atoms with Gasteiger partial charge in [0.05, 0.1) is 11.4 Å². The highest BCUT2D eigenvalue weighted by atomic mass is 32.2. The maximum Gasteiger partial charge on any atom is 0.243 e. The molecule has 0 saturated carbocycles. The van der Waals surface area contributed by atoms with Gasteiger partial charge in [-0.1, -0.05) is 6.92 Å². The SMILES string of the molecule is CCN1CCC(NC(=O)CN(C)S(=O)(=O)c2ccc(NC(C)=O)cc2)CC1. The van der Waals surface area contributed by atoms with E-state index in [2.05, 4.69) is 22.5 Å². The lowest BCUT2D eigenvalue weighted by Crippen LogP contribution is -2.47. The summed E-state index contributed by atoms with van der Waals surface area (Å²) in [5.41, 5.74) is 0.514. The molecule has 0 unspecified atom stereocenters. The Kier molecular flexibility index (Phi) is 7.34.